The Hall–Kier alpha value is -2.61. The fraction of sp³-hybridized carbons (Fsp3) is 0.261. The minimum absolute atomic E-state index is 0.548. The van der Waals surface area contributed by atoms with E-state index in [0.717, 1.165) is 11.3 Å². The van der Waals surface area contributed by atoms with Crippen LogP contribution in [-0.2, 0) is 0 Å². The molecule has 3 aromatic rings. The van der Waals surface area contributed by atoms with Gasteiger partial charge in [0, 0.05) is 28.9 Å². The molecule has 2 nitrogen and oxygen atoms in total. The molecule has 0 radical (unpaired) electrons. The zero-order valence-corrected chi connectivity index (χ0v) is 15.7. The third-order valence-corrected chi connectivity index (χ3v) is 4.67. The number of rotatable bonds is 4. The molecule has 1 aromatic heterocycles. The molecule has 0 N–H and O–H groups in total. The van der Waals surface area contributed by atoms with Crippen molar-refractivity contribution in [1.29, 1.82) is 0 Å². The standard InChI is InChI=1S/C23H26N2/c1-16(2)20-8-10-22(11-9-20)24-15-21-14-18(4)25(19(21)5)23-12-6-17(3)7-13-23/h6-16H,1-5H3. The van der Waals surface area contributed by atoms with Crippen molar-refractivity contribution in [1.82, 2.24) is 4.57 Å². The van der Waals surface area contributed by atoms with Crippen LogP contribution in [0.4, 0.5) is 5.69 Å². The first-order valence-electron chi connectivity index (χ1n) is 8.85. The average molecular weight is 330 g/mol. The van der Waals surface area contributed by atoms with Crippen LogP contribution in [0.5, 0.6) is 0 Å². The van der Waals surface area contributed by atoms with Gasteiger partial charge in [0.1, 0.15) is 0 Å². The van der Waals surface area contributed by atoms with Gasteiger partial charge in [-0.25, -0.2) is 0 Å². The van der Waals surface area contributed by atoms with E-state index < -0.39 is 0 Å². The highest BCUT2D eigenvalue weighted by Crippen LogP contribution is 2.22. The summed E-state index contributed by atoms with van der Waals surface area (Å²) in [5.74, 6) is 0.548. The van der Waals surface area contributed by atoms with Crippen LogP contribution in [0.1, 0.15) is 47.8 Å². The number of aromatic nitrogens is 1. The quantitative estimate of drug-likeness (QED) is 0.501. The molecular weight excluding hydrogens is 304 g/mol. The first kappa shape index (κ1) is 17.2. The van der Waals surface area contributed by atoms with Gasteiger partial charge in [-0.1, -0.05) is 43.7 Å². The van der Waals surface area contributed by atoms with Gasteiger partial charge >= 0.3 is 0 Å². The number of nitrogens with zero attached hydrogens (tertiary/aromatic N) is 2. The molecule has 25 heavy (non-hydrogen) atoms. The predicted molar refractivity (Wildman–Crippen MR) is 108 cm³/mol. The number of aryl methyl sites for hydroxylation is 2. The van der Waals surface area contributed by atoms with Gasteiger partial charge in [-0.3, -0.25) is 4.99 Å². The van der Waals surface area contributed by atoms with Crippen molar-refractivity contribution in [2.75, 3.05) is 0 Å². The maximum atomic E-state index is 4.66. The third-order valence-electron chi connectivity index (χ3n) is 4.67. The lowest BCUT2D eigenvalue weighted by molar-refractivity contribution is 0.867. The lowest BCUT2D eigenvalue weighted by Gasteiger charge is -2.09. The number of benzene rings is 2. The molecule has 0 bridgehead atoms. The van der Waals surface area contributed by atoms with E-state index in [-0.39, 0.29) is 0 Å². The van der Waals surface area contributed by atoms with Crippen molar-refractivity contribution in [3.63, 3.8) is 0 Å². The van der Waals surface area contributed by atoms with Crippen LogP contribution in [0.25, 0.3) is 5.69 Å². The Labute approximate surface area is 150 Å². The zero-order valence-electron chi connectivity index (χ0n) is 15.7. The molecule has 0 atom stereocenters. The molecule has 128 valence electrons. The highest BCUT2D eigenvalue weighted by molar-refractivity contribution is 5.84. The molecule has 0 saturated heterocycles. The molecule has 2 aromatic carbocycles. The van der Waals surface area contributed by atoms with E-state index in [4.69, 9.17) is 0 Å². The fourth-order valence-electron chi connectivity index (χ4n) is 3.10. The third kappa shape index (κ3) is 3.74. The van der Waals surface area contributed by atoms with E-state index in [1.807, 2.05) is 6.21 Å². The maximum Gasteiger partial charge on any atom is 0.0630 e. The lowest BCUT2D eigenvalue weighted by atomic mass is 10.0. The van der Waals surface area contributed by atoms with Gasteiger partial charge in [0.25, 0.3) is 0 Å². The molecule has 0 aliphatic rings. The molecule has 0 unspecified atom stereocenters. The molecular formula is C23H26N2. The summed E-state index contributed by atoms with van der Waals surface area (Å²) in [6, 6.07) is 19.3. The van der Waals surface area contributed by atoms with Gasteiger partial charge < -0.3 is 4.57 Å². The lowest BCUT2D eigenvalue weighted by Crippen LogP contribution is -1.99. The molecule has 3 rings (SSSR count). The molecule has 0 aliphatic heterocycles. The van der Waals surface area contributed by atoms with Gasteiger partial charge in [0.05, 0.1) is 5.69 Å². The molecule has 0 aliphatic carbocycles. The van der Waals surface area contributed by atoms with Crippen LogP contribution in [0.2, 0.25) is 0 Å². The Bertz CT molecular complexity index is 879. The molecule has 0 saturated carbocycles. The molecule has 0 spiro atoms. The SMILES string of the molecule is Cc1ccc(-n2c(C)cc(C=Nc3ccc(C(C)C)cc3)c2C)cc1. The van der Waals surface area contributed by atoms with Crippen molar-refractivity contribution in [3.05, 3.63) is 82.7 Å². The summed E-state index contributed by atoms with van der Waals surface area (Å²) in [7, 11) is 0. The van der Waals surface area contributed by atoms with Crippen LogP contribution in [0.15, 0.2) is 59.6 Å². The molecule has 2 heteroatoms. The largest absolute Gasteiger partial charge is 0.318 e. The van der Waals surface area contributed by atoms with Crippen molar-refractivity contribution >= 4 is 11.9 Å². The molecule has 0 amide bonds. The smallest absolute Gasteiger partial charge is 0.0630 e. The van der Waals surface area contributed by atoms with Crippen molar-refractivity contribution < 1.29 is 0 Å². The summed E-state index contributed by atoms with van der Waals surface area (Å²) >= 11 is 0. The van der Waals surface area contributed by atoms with E-state index in [1.54, 1.807) is 0 Å². The first-order chi connectivity index (χ1) is 12.0. The Balaban J connectivity index is 1.88. The highest BCUT2D eigenvalue weighted by atomic mass is 15.0. The van der Waals surface area contributed by atoms with Gasteiger partial charge in [-0.2, -0.15) is 0 Å². The predicted octanol–water partition coefficient (Wildman–Crippen LogP) is 6.28. The summed E-state index contributed by atoms with van der Waals surface area (Å²) in [6.07, 6.45) is 1.97. The second-order valence-electron chi connectivity index (χ2n) is 7.00. The summed E-state index contributed by atoms with van der Waals surface area (Å²) < 4.78 is 2.28. The minimum atomic E-state index is 0.548. The molecule has 0 fully saturated rings. The topological polar surface area (TPSA) is 17.3 Å². The van der Waals surface area contributed by atoms with Crippen LogP contribution in [-0.4, -0.2) is 10.8 Å². The summed E-state index contributed by atoms with van der Waals surface area (Å²) in [4.78, 5) is 4.66. The van der Waals surface area contributed by atoms with E-state index >= 15 is 0 Å². The minimum Gasteiger partial charge on any atom is -0.318 e. The Morgan fingerprint density at radius 2 is 1.52 bits per heavy atom. The summed E-state index contributed by atoms with van der Waals surface area (Å²) in [6.45, 7) is 10.8. The Kier molecular flexibility index (Phi) is 4.89. The van der Waals surface area contributed by atoms with Gasteiger partial charge in [-0.05, 0) is 62.6 Å². The highest BCUT2D eigenvalue weighted by Gasteiger charge is 2.09. The van der Waals surface area contributed by atoms with Crippen LogP contribution < -0.4 is 0 Å². The van der Waals surface area contributed by atoms with Crippen LogP contribution in [0, 0.1) is 20.8 Å². The fourth-order valence-corrected chi connectivity index (χ4v) is 3.10. The van der Waals surface area contributed by atoms with Crippen LogP contribution in [0.3, 0.4) is 0 Å². The van der Waals surface area contributed by atoms with E-state index in [9.17, 15) is 0 Å². The monoisotopic (exact) mass is 330 g/mol. The van der Waals surface area contributed by atoms with Crippen molar-refractivity contribution in [3.8, 4) is 5.69 Å². The number of hydrogen-bond donors (Lipinski definition) is 0. The summed E-state index contributed by atoms with van der Waals surface area (Å²) in [5.41, 5.74) is 8.40. The van der Waals surface area contributed by atoms with E-state index in [2.05, 4.69) is 98.8 Å². The number of hydrogen-bond acceptors (Lipinski definition) is 1. The van der Waals surface area contributed by atoms with Gasteiger partial charge in [-0.15, -0.1) is 0 Å². The normalized spacial score (nSPS) is 11.6. The Morgan fingerprint density at radius 1 is 0.880 bits per heavy atom. The average Bonchev–Trinajstić information content (AvgIpc) is 2.88. The van der Waals surface area contributed by atoms with Crippen molar-refractivity contribution in [2.24, 2.45) is 4.99 Å². The Morgan fingerprint density at radius 3 is 2.12 bits per heavy atom. The first-order valence-corrected chi connectivity index (χ1v) is 8.85. The second-order valence-corrected chi connectivity index (χ2v) is 7.00. The van der Waals surface area contributed by atoms with E-state index in [0.29, 0.717) is 5.92 Å². The van der Waals surface area contributed by atoms with Gasteiger partial charge in [0.2, 0.25) is 0 Å². The number of aliphatic imine (C=N–C) groups is 1. The molecule has 1 heterocycles. The van der Waals surface area contributed by atoms with Gasteiger partial charge in [0.15, 0.2) is 0 Å². The van der Waals surface area contributed by atoms with Crippen molar-refractivity contribution in [2.45, 2.75) is 40.5 Å². The maximum absolute atomic E-state index is 4.66. The van der Waals surface area contributed by atoms with Crippen LogP contribution >= 0.6 is 0 Å². The van der Waals surface area contributed by atoms with E-state index in [1.165, 1.54) is 28.2 Å². The summed E-state index contributed by atoms with van der Waals surface area (Å²) in [5, 5.41) is 0. The zero-order chi connectivity index (χ0) is 18.0. The second kappa shape index (κ2) is 7.10.